The lowest BCUT2D eigenvalue weighted by atomic mass is 10.0. The number of sulfonamides is 1. The molecule has 1 unspecified atom stereocenters. The molecule has 9 nitrogen and oxygen atoms in total. The molecule has 246 valence electrons. The van der Waals surface area contributed by atoms with E-state index in [0.29, 0.717) is 12.4 Å². The van der Waals surface area contributed by atoms with Crippen LogP contribution in [0.3, 0.4) is 0 Å². The molecular weight excluding hydrogens is 621 g/mol. The summed E-state index contributed by atoms with van der Waals surface area (Å²) in [5, 5.41) is 2.94. The Morgan fingerprint density at radius 1 is 0.872 bits per heavy atom. The van der Waals surface area contributed by atoms with Crippen LogP contribution in [0.5, 0.6) is 11.5 Å². The summed E-state index contributed by atoms with van der Waals surface area (Å²) in [4.78, 5) is 29.7. The molecule has 11 heteroatoms. The number of amides is 2. The Kier molecular flexibility index (Phi) is 10.5. The highest BCUT2D eigenvalue weighted by Gasteiger charge is 2.35. The zero-order valence-corrected chi connectivity index (χ0v) is 27.4. The number of aryl methyl sites for hydroxylation is 1. The fourth-order valence-corrected chi connectivity index (χ4v) is 6.78. The molecular formula is C36H38FN3O6S. The molecule has 4 aromatic rings. The van der Waals surface area contributed by atoms with E-state index in [2.05, 4.69) is 5.32 Å². The molecule has 1 aliphatic rings. The molecule has 0 bridgehead atoms. The summed E-state index contributed by atoms with van der Waals surface area (Å²) < 4.78 is 54.7. The second kappa shape index (κ2) is 14.7. The van der Waals surface area contributed by atoms with Crippen LogP contribution in [-0.2, 0) is 32.6 Å². The Hall–Kier alpha value is -4.90. The zero-order chi connectivity index (χ0) is 33.6. The first-order valence-electron chi connectivity index (χ1n) is 15.4. The lowest BCUT2D eigenvalue weighted by molar-refractivity contribution is -0.140. The van der Waals surface area contributed by atoms with Gasteiger partial charge in [0, 0.05) is 25.1 Å². The number of carbonyl (C=O) groups is 2. The van der Waals surface area contributed by atoms with Gasteiger partial charge in [0.1, 0.15) is 31.6 Å². The summed E-state index contributed by atoms with van der Waals surface area (Å²) in [6.45, 7) is 5.56. The van der Waals surface area contributed by atoms with Crippen LogP contribution in [0.25, 0.3) is 0 Å². The van der Waals surface area contributed by atoms with Crippen LogP contribution in [0.4, 0.5) is 10.1 Å². The van der Waals surface area contributed by atoms with Crippen LogP contribution in [0, 0.1) is 12.7 Å². The summed E-state index contributed by atoms with van der Waals surface area (Å²) in [6.07, 6.45) is 0.197. The van der Waals surface area contributed by atoms with Crippen LogP contribution >= 0.6 is 0 Å². The van der Waals surface area contributed by atoms with Gasteiger partial charge >= 0.3 is 0 Å². The molecule has 1 aliphatic heterocycles. The lowest BCUT2D eigenvalue weighted by Crippen LogP contribution is -2.54. The third-order valence-corrected chi connectivity index (χ3v) is 9.57. The van der Waals surface area contributed by atoms with Crippen molar-refractivity contribution in [2.24, 2.45) is 0 Å². The number of carbonyl (C=O) groups excluding carboxylic acids is 2. The van der Waals surface area contributed by atoms with Gasteiger partial charge in [0.05, 0.1) is 10.6 Å². The van der Waals surface area contributed by atoms with Gasteiger partial charge < -0.3 is 19.7 Å². The lowest BCUT2D eigenvalue weighted by Gasteiger charge is -2.34. The Bertz CT molecular complexity index is 1820. The quantitative estimate of drug-likeness (QED) is 0.222. The van der Waals surface area contributed by atoms with Gasteiger partial charge in [-0.2, -0.15) is 0 Å². The van der Waals surface area contributed by atoms with Gasteiger partial charge in [-0.1, -0.05) is 54.6 Å². The predicted molar refractivity (Wildman–Crippen MR) is 177 cm³/mol. The standard InChI is InChI=1S/C36H38FN3O6S/c1-25(2)38-36(42)32(21-27-10-5-4-6-11-27)39(23-28-12-8-7-9-26(28)3)35(41)24-40(30-15-13-29(37)14-16-30)47(43,44)31-17-18-33-34(22-31)46-20-19-45-33/h4-18,22,25,32H,19-21,23-24H2,1-3H3,(H,38,42). The first-order chi connectivity index (χ1) is 22.5. The fourth-order valence-electron chi connectivity index (χ4n) is 5.35. The summed E-state index contributed by atoms with van der Waals surface area (Å²) in [6, 6.07) is 24.8. The van der Waals surface area contributed by atoms with Crippen molar-refractivity contribution in [3.05, 3.63) is 120 Å². The van der Waals surface area contributed by atoms with Crippen molar-refractivity contribution >= 4 is 27.5 Å². The van der Waals surface area contributed by atoms with Gasteiger partial charge in [-0.25, -0.2) is 12.8 Å². The van der Waals surface area contributed by atoms with E-state index in [1.807, 2.05) is 75.4 Å². The average Bonchev–Trinajstić information content (AvgIpc) is 3.06. The first kappa shape index (κ1) is 33.5. The van der Waals surface area contributed by atoms with Crippen molar-refractivity contribution in [1.82, 2.24) is 10.2 Å². The molecule has 2 amide bonds. The summed E-state index contributed by atoms with van der Waals surface area (Å²) >= 11 is 0. The molecule has 0 aliphatic carbocycles. The highest BCUT2D eigenvalue weighted by Crippen LogP contribution is 2.34. The average molecular weight is 660 g/mol. The van der Waals surface area contributed by atoms with Crippen LogP contribution in [0.2, 0.25) is 0 Å². The van der Waals surface area contributed by atoms with Crippen molar-refractivity contribution in [2.45, 2.75) is 50.7 Å². The second-order valence-electron chi connectivity index (χ2n) is 11.6. The van der Waals surface area contributed by atoms with Gasteiger partial charge in [0.2, 0.25) is 11.8 Å². The summed E-state index contributed by atoms with van der Waals surface area (Å²) in [7, 11) is -4.41. The minimum Gasteiger partial charge on any atom is -0.486 e. The Morgan fingerprint density at radius 2 is 1.53 bits per heavy atom. The van der Waals surface area contributed by atoms with Gasteiger partial charge in [-0.3, -0.25) is 13.9 Å². The van der Waals surface area contributed by atoms with Crippen molar-refractivity contribution in [1.29, 1.82) is 0 Å². The molecule has 1 heterocycles. The van der Waals surface area contributed by atoms with Crippen molar-refractivity contribution in [3.63, 3.8) is 0 Å². The molecule has 0 saturated carbocycles. The van der Waals surface area contributed by atoms with Crippen molar-refractivity contribution < 1.29 is 31.9 Å². The molecule has 1 N–H and O–H groups in total. The van der Waals surface area contributed by atoms with Gasteiger partial charge in [-0.05, 0) is 73.9 Å². The second-order valence-corrected chi connectivity index (χ2v) is 13.5. The zero-order valence-electron chi connectivity index (χ0n) is 26.6. The van der Waals surface area contributed by atoms with E-state index in [0.717, 1.165) is 33.1 Å². The number of fused-ring (bicyclic) bond motifs is 1. The molecule has 0 fully saturated rings. The number of hydrogen-bond donors (Lipinski definition) is 1. The monoisotopic (exact) mass is 659 g/mol. The SMILES string of the molecule is Cc1ccccc1CN(C(=O)CN(c1ccc(F)cc1)S(=O)(=O)c1ccc2c(c1)OCCO2)C(Cc1ccccc1)C(=O)NC(C)C. The van der Waals surface area contributed by atoms with E-state index in [4.69, 9.17) is 9.47 Å². The summed E-state index contributed by atoms with van der Waals surface area (Å²) in [5.41, 5.74) is 2.63. The smallest absolute Gasteiger partial charge is 0.264 e. The number of benzene rings is 4. The number of nitrogens with one attached hydrogen (secondary N) is 1. The predicted octanol–water partition coefficient (Wildman–Crippen LogP) is 5.27. The van der Waals surface area contributed by atoms with Crippen LogP contribution in [0.1, 0.15) is 30.5 Å². The van der Waals surface area contributed by atoms with Crippen molar-refractivity contribution in [3.8, 4) is 11.5 Å². The number of anilines is 1. The first-order valence-corrected chi connectivity index (χ1v) is 16.8. The molecule has 0 saturated heterocycles. The molecule has 4 aromatic carbocycles. The Morgan fingerprint density at radius 3 is 2.21 bits per heavy atom. The number of ether oxygens (including phenoxy) is 2. The highest BCUT2D eigenvalue weighted by molar-refractivity contribution is 7.92. The van der Waals surface area contributed by atoms with Gasteiger partial charge in [0.25, 0.3) is 10.0 Å². The largest absolute Gasteiger partial charge is 0.486 e. The van der Waals surface area contributed by atoms with Crippen LogP contribution < -0.4 is 19.1 Å². The Labute approximate surface area is 275 Å². The van der Waals surface area contributed by atoms with Gasteiger partial charge in [0.15, 0.2) is 11.5 Å². The van der Waals surface area contributed by atoms with Gasteiger partial charge in [-0.15, -0.1) is 0 Å². The number of hydrogen-bond acceptors (Lipinski definition) is 6. The maximum atomic E-state index is 14.6. The van der Waals surface area contributed by atoms with E-state index in [1.54, 1.807) is 0 Å². The molecule has 0 aromatic heterocycles. The normalized spacial score (nSPS) is 13.1. The molecule has 0 radical (unpaired) electrons. The van der Waals surface area contributed by atoms with E-state index in [1.165, 1.54) is 35.2 Å². The highest BCUT2D eigenvalue weighted by atomic mass is 32.2. The maximum absolute atomic E-state index is 14.6. The topological polar surface area (TPSA) is 105 Å². The fraction of sp³-hybridized carbons (Fsp3) is 0.278. The molecule has 0 spiro atoms. The minimum absolute atomic E-state index is 0.0514. The third-order valence-electron chi connectivity index (χ3n) is 7.80. The minimum atomic E-state index is -4.41. The van der Waals surface area contributed by atoms with Crippen LogP contribution in [0.15, 0.2) is 102 Å². The van der Waals surface area contributed by atoms with E-state index in [-0.39, 0.29) is 47.9 Å². The maximum Gasteiger partial charge on any atom is 0.264 e. The van der Waals surface area contributed by atoms with Crippen LogP contribution in [-0.4, -0.2) is 57.0 Å². The number of rotatable bonds is 12. The number of nitrogens with zero attached hydrogens (tertiary/aromatic N) is 2. The molecule has 47 heavy (non-hydrogen) atoms. The van der Waals surface area contributed by atoms with E-state index >= 15 is 0 Å². The van der Waals surface area contributed by atoms with E-state index in [9.17, 15) is 22.4 Å². The van der Waals surface area contributed by atoms with Crippen molar-refractivity contribution in [2.75, 3.05) is 24.1 Å². The molecule has 5 rings (SSSR count). The Balaban J connectivity index is 1.58. The third kappa shape index (κ3) is 8.10. The molecule has 1 atom stereocenters. The summed E-state index contributed by atoms with van der Waals surface area (Å²) in [5.74, 6) is -0.875. The van der Waals surface area contributed by atoms with E-state index < -0.39 is 34.3 Å². The number of halogens is 1.